The van der Waals surface area contributed by atoms with Crippen LogP contribution in [0.25, 0.3) is 0 Å². The molecular weight excluding hydrogens is 262 g/mol. The molecule has 0 unspecified atom stereocenters. The molecule has 0 amide bonds. The largest absolute Gasteiger partial charge is 0.478 e. The Bertz CT molecular complexity index is 293. The minimum atomic E-state index is -1.26. The smallest absolute Gasteiger partial charge is 0.328 e. The van der Waals surface area contributed by atoms with E-state index in [1.54, 1.807) is 0 Å². The van der Waals surface area contributed by atoms with Crippen molar-refractivity contribution in [3.63, 3.8) is 0 Å². The first-order valence-corrected chi connectivity index (χ1v) is 4.53. The van der Waals surface area contributed by atoms with Crippen molar-refractivity contribution in [3.8, 4) is 0 Å². The molecule has 0 aromatic carbocycles. The van der Waals surface area contributed by atoms with Gasteiger partial charge in [0.2, 0.25) is 0 Å². The van der Waals surface area contributed by atoms with E-state index < -0.39 is 23.9 Å². The molecule has 0 heterocycles. The van der Waals surface area contributed by atoms with Gasteiger partial charge in [-0.25, -0.2) is 19.2 Å². The van der Waals surface area contributed by atoms with Crippen LogP contribution in [0.5, 0.6) is 0 Å². The van der Waals surface area contributed by atoms with Crippen molar-refractivity contribution < 1.29 is 39.6 Å². The second kappa shape index (κ2) is 15.3. The predicted molar refractivity (Wildman–Crippen MR) is 63.8 cm³/mol. The fourth-order valence-corrected chi connectivity index (χ4v) is 0.285. The maximum atomic E-state index is 9.55. The van der Waals surface area contributed by atoms with Gasteiger partial charge in [-0.2, -0.15) is 0 Å². The van der Waals surface area contributed by atoms with Gasteiger partial charge >= 0.3 is 23.9 Å². The molecule has 19 heavy (non-hydrogen) atoms. The predicted octanol–water partition coefficient (Wildman–Crippen LogP) is -0.741. The summed E-state index contributed by atoms with van der Waals surface area (Å²) in [6.45, 7) is 0. The molecule has 0 radical (unpaired) electrons. The third-order valence-corrected chi connectivity index (χ3v) is 0.737. The number of carboxylic acid groups (broad SMARTS) is 4. The molecule has 0 bridgehead atoms. The van der Waals surface area contributed by atoms with E-state index in [-0.39, 0.29) is 0 Å². The molecule has 0 atom stereocenters. The van der Waals surface area contributed by atoms with Gasteiger partial charge in [0.05, 0.1) is 0 Å². The zero-order chi connectivity index (χ0) is 15.8. The SMILES string of the molecule is CNC.O=C(O)C=CC(=O)O.O=C(O)C=CC(=O)O. The number of hydrogen-bond donors (Lipinski definition) is 5. The van der Waals surface area contributed by atoms with Gasteiger partial charge in [-0.3, -0.25) is 0 Å². The molecule has 0 aliphatic carbocycles. The molecule has 108 valence electrons. The summed E-state index contributed by atoms with van der Waals surface area (Å²) in [6, 6.07) is 0. The van der Waals surface area contributed by atoms with Gasteiger partial charge in [0.15, 0.2) is 0 Å². The summed E-state index contributed by atoms with van der Waals surface area (Å²) in [5.41, 5.74) is 0. The topological polar surface area (TPSA) is 161 Å². The minimum absolute atomic E-state index is 0.558. The van der Waals surface area contributed by atoms with Gasteiger partial charge in [-0.05, 0) is 14.1 Å². The Morgan fingerprint density at radius 1 is 0.632 bits per heavy atom. The third-order valence-electron chi connectivity index (χ3n) is 0.737. The van der Waals surface area contributed by atoms with Crippen LogP contribution in [0.15, 0.2) is 24.3 Å². The van der Waals surface area contributed by atoms with E-state index in [9.17, 15) is 19.2 Å². The number of hydrogen-bond acceptors (Lipinski definition) is 5. The normalized spacial score (nSPS) is 8.95. The maximum absolute atomic E-state index is 9.55. The Labute approximate surface area is 108 Å². The summed E-state index contributed by atoms with van der Waals surface area (Å²) < 4.78 is 0. The van der Waals surface area contributed by atoms with Crippen LogP contribution in [0.4, 0.5) is 0 Å². The van der Waals surface area contributed by atoms with Gasteiger partial charge in [0, 0.05) is 24.3 Å². The van der Waals surface area contributed by atoms with E-state index >= 15 is 0 Å². The van der Waals surface area contributed by atoms with Crippen LogP contribution in [-0.2, 0) is 19.2 Å². The molecule has 0 aliphatic rings. The van der Waals surface area contributed by atoms with Crippen LogP contribution in [0.2, 0.25) is 0 Å². The quantitative estimate of drug-likeness (QED) is 0.416. The van der Waals surface area contributed by atoms with E-state index in [0.717, 1.165) is 0 Å². The van der Waals surface area contributed by atoms with Gasteiger partial charge in [-0.15, -0.1) is 0 Å². The van der Waals surface area contributed by atoms with Crippen LogP contribution in [0, 0.1) is 0 Å². The average Bonchev–Trinajstić information content (AvgIpc) is 2.25. The first-order valence-electron chi connectivity index (χ1n) is 4.53. The monoisotopic (exact) mass is 277 g/mol. The Balaban J connectivity index is -0.000000224. The molecule has 0 aliphatic heterocycles. The Morgan fingerprint density at radius 2 is 0.737 bits per heavy atom. The molecular formula is C10H15NO8. The number of rotatable bonds is 4. The maximum Gasteiger partial charge on any atom is 0.328 e. The highest BCUT2D eigenvalue weighted by Gasteiger charge is 1.88. The molecule has 5 N–H and O–H groups in total. The van der Waals surface area contributed by atoms with Crippen molar-refractivity contribution in [2.24, 2.45) is 0 Å². The molecule has 0 fully saturated rings. The second-order valence-electron chi connectivity index (χ2n) is 2.52. The Kier molecular flexibility index (Phi) is 17.4. The molecule has 0 aromatic rings. The first-order chi connectivity index (χ1) is 8.67. The molecule has 0 rings (SSSR count). The highest BCUT2D eigenvalue weighted by Crippen LogP contribution is 1.71. The van der Waals surface area contributed by atoms with E-state index in [0.29, 0.717) is 24.3 Å². The number of carboxylic acids is 4. The van der Waals surface area contributed by atoms with Gasteiger partial charge < -0.3 is 25.7 Å². The number of nitrogens with one attached hydrogen (secondary N) is 1. The minimum Gasteiger partial charge on any atom is -0.478 e. The summed E-state index contributed by atoms with van der Waals surface area (Å²) in [4.78, 5) is 38.2. The lowest BCUT2D eigenvalue weighted by Gasteiger charge is -1.74. The van der Waals surface area contributed by atoms with Crippen molar-refractivity contribution >= 4 is 23.9 Å². The van der Waals surface area contributed by atoms with Gasteiger partial charge in [-0.1, -0.05) is 0 Å². The standard InChI is InChI=1S/2C4H4O4.C2H7N/c2*5-3(6)1-2-4(7)8;1-3-2/h2*1-2H,(H,5,6)(H,7,8);3H,1-2H3. The lowest BCUT2D eigenvalue weighted by atomic mass is 10.5. The highest BCUT2D eigenvalue weighted by atomic mass is 16.4. The highest BCUT2D eigenvalue weighted by molar-refractivity contribution is 5.90. The van der Waals surface area contributed by atoms with Crippen LogP contribution < -0.4 is 5.32 Å². The van der Waals surface area contributed by atoms with Gasteiger partial charge in [0.25, 0.3) is 0 Å². The molecule has 0 saturated carbocycles. The van der Waals surface area contributed by atoms with Crippen molar-refractivity contribution in [2.75, 3.05) is 14.1 Å². The average molecular weight is 277 g/mol. The molecule has 9 heteroatoms. The molecule has 0 saturated heterocycles. The zero-order valence-corrected chi connectivity index (χ0v) is 10.2. The first kappa shape index (κ1) is 21.6. The van der Waals surface area contributed by atoms with Crippen LogP contribution in [-0.4, -0.2) is 58.4 Å². The van der Waals surface area contributed by atoms with Crippen molar-refractivity contribution in [1.29, 1.82) is 0 Å². The molecule has 0 spiro atoms. The van der Waals surface area contributed by atoms with Crippen molar-refractivity contribution in [1.82, 2.24) is 5.32 Å². The summed E-state index contributed by atoms with van der Waals surface area (Å²) in [5.74, 6) is -5.03. The Hall–Kier alpha value is -2.68. The van der Waals surface area contributed by atoms with Crippen LogP contribution in [0.1, 0.15) is 0 Å². The summed E-state index contributed by atoms with van der Waals surface area (Å²) in [5, 5.41) is 34.0. The van der Waals surface area contributed by atoms with Crippen molar-refractivity contribution in [2.45, 2.75) is 0 Å². The number of carbonyl (C=O) groups is 4. The Morgan fingerprint density at radius 3 is 0.789 bits per heavy atom. The van der Waals surface area contributed by atoms with E-state index in [2.05, 4.69) is 5.32 Å². The molecule has 9 nitrogen and oxygen atoms in total. The summed E-state index contributed by atoms with van der Waals surface area (Å²) in [6.07, 6.45) is 2.23. The second-order valence-corrected chi connectivity index (χ2v) is 2.52. The third kappa shape index (κ3) is 50.7. The fourth-order valence-electron chi connectivity index (χ4n) is 0.285. The van der Waals surface area contributed by atoms with Crippen LogP contribution >= 0.6 is 0 Å². The fraction of sp³-hybridized carbons (Fsp3) is 0.200. The lowest BCUT2D eigenvalue weighted by Crippen LogP contribution is -1.91. The van der Waals surface area contributed by atoms with Gasteiger partial charge in [0.1, 0.15) is 0 Å². The van der Waals surface area contributed by atoms with E-state index in [4.69, 9.17) is 20.4 Å². The van der Waals surface area contributed by atoms with Crippen LogP contribution in [0.3, 0.4) is 0 Å². The summed E-state index contributed by atoms with van der Waals surface area (Å²) in [7, 11) is 3.75. The number of aliphatic carboxylic acids is 4. The van der Waals surface area contributed by atoms with E-state index in [1.807, 2.05) is 14.1 Å². The lowest BCUT2D eigenvalue weighted by molar-refractivity contribution is -0.134. The van der Waals surface area contributed by atoms with Crippen molar-refractivity contribution in [3.05, 3.63) is 24.3 Å². The summed E-state index contributed by atoms with van der Waals surface area (Å²) >= 11 is 0. The molecule has 0 aromatic heterocycles. The zero-order valence-electron chi connectivity index (χ0n) is 10.2. The van der Waals surface area contributed by atoms with E-state index in [1.165, 1.54) is 0 Å².